The van der Waals surface area contributed by atoms with Gasteiger partial charge in [0.25, 0.3) is 5.91 Å². The molecule has 1 atom stereocenters. The van der Waals surface area contributed by atoms with E-state index in [0.717, 1.165) is 60.9 Å². The molecule has 1 aromatic carbocycles. The monoisotopic (exact) mass is 359 g/mol. The number of anilines is 1. The number of amides is 1. The van der Waals surface area contributed by atoms with Gasteiger partial charge in [-0.25, -0.2) is 0 Å². The molecule has 0 bridgehead atoms. The van der Waals surface area contributed by atoms with Gasteiger partial charge in [0.05, 0.1) is 10.7 Å². The summed E-state index contributed by atoms with van der Waals surface area (Å²) in [4.78, 5) is 14.9. The summed E-state index contributed by atoms with van der Waals surface area (Å²) in [6.45, 7) is 3.34. The minimum absolute atomic E-state index is 0.0905. The molecule has 0 aliphatic carbocycles. The minimum Gasteiger partial charge on any atom is -0.368 e. The highest BCUT2D eigenvalue weighted by atomic mass is 35.5. The Morgan fingerprint density at radius 1 is 1.36 bits per heavy atom. The summed E-state index contributed by atoms with van der Waals surface area (Å²) in [5.41, 5.74) is 3.63. The number of piperidine rings is 1. The second kappa shape index (κ2) is 7.06. The average molecular weight is 360 g/mol. The first-order chi connectivity index (χ1) is 12.2. The molecular weight excluding hydrogens is 338 g/mol. The molecule has 0 radical (unpaired) electrons. The van der Waals surface area contributed by atoms with Crippen LogP contribution in [-0.2, 0) is 13.0 Å². The van der Waals surface area contributed by atoms with Gasteiger partial charge in [-0.15, -0.1) is 0 Å². The van der Waals surface area contributed by atoms with Crippen LogP contribution in [0.5, 0.6) is 0 Å². The number of para-hydroxylation sites is 1. The number of nitrogens with zero attached hydrogens (tertiary/aromatic N) is 2. The molecule has 2 aliphatic heterocycles. The molecule has 3 N–H and O–H groups in total. The normalized spacial score (nSPS) is 20.2. The van der Waals surface area contributed by atoms with E-state index in [2.05, 4.69) is 25.7 Å². The molecule has 1 unspecified atom stereocenters. The number of hydrogen-bond donors (Lipinski definition) is 3. The lowest BCUT2D eigenvalue weighted by Gasteiger charge is -2.35. The first kappa shape index (κ1) is 16.4. The van der Waals surface area contributed by atoms with Crippen molar-refractivity contribution in [2.75, 3.05) is 24.5 Å². The van der Waals surface area contributed by atoms with Crippen molar-refractivity contribution < 1.29 is 4.79 Å². The topological polar surface area (TPSA) is 73.0 Å². The quantitative estimate of drug-likeness (QED) is 0.784. The molecule has 1 saturated heterocycles. The standard InChI is InChI=1S/C18H22ClN5O/c19-14-5-1-2-6-16(14)24-9-3-4-12(11-24)21-18(25)17-13-10-20-8-7-15(13)22-23-17/h1-2,5-6,12,20H,3-4,7-11H2,(H,21,25)(H,22,23). The van der Waals surface area contributed by atoms with Crippen LogP contribution in [0.2, 0.25) is 5.02 Å². The van der Waals surface area contributed by atoms with Gasteiger partial charge in [-0.2, -0.15) is 5.10 Å². The maximum Gasteiger partial charge on any atom is 0.272 e. The molecule has 7 heteroatoms. The van der Waals surface area contributed by atoms with Crippen LogP contribution < -0.4 is 15.5 Å². The second-order valence-corrected chi connectivity index (χ2v) is 7.07. The molecule has 6 nitrogen and oxygen atoms in total. The predicted octanol–water partition coefficient (Wildman–Crippen LogP) is 2.11. The fourth-order valence-corrected chi connectivity index (χ4v) is 3.94. The van der Waals surface area contributed by atoms with Crippen LogP contribution in [0.4, 0.5) is 5.69 Å². The zero-order valence-corrected chi connectivity index (χ0v) is 14.8. The summed E-state index contributed by atoms with van der Waals surface area (Å²) in [5, 5.41) is 14.5. The zero-order valence-electron chi connectivity index (χ0n) is 14.0. The van der Waals surface area contributed by atoms with Crippen LogP contribution in [0.15, 0.2) is 24.3 Å². The summed E-state index contributed by atoms with van der Waals surface area (Å²) in [5.74, 6) is -0.0905. The van der Waals surface area contributed by atoms with Gasteiger partial charge in [0, 0.05) is 49.9 Å². The van der Waals surface area contributed by atoms with E-state index < -0.39 is 0 Å². The smallest absolute Gasteiger partial charge is 0.272 e. The minimum atomic E-state index is -0.0905. The van der Waals surface area contributed by atoms with Crippen LogP contribution in [-0.4, -0.2) is 41.8 Å². The molecule has 1 fully saturated rings. The highest BCUT2D eigenvalue weighted by Crippen LogP contribution is 2.28. The largest absolute Gasteiger partial charge is 0.368 e. The third-order valence-corrected chi connectivity index (χ3v) is 5.29. The van der Waals surface area contributed by atoms with Crippen molar-refractivity contribution in [3.8, 4) is 0 Å². The third-order valence-electron chi connectivity index (χ3n) is 4.97. The van der Waals surface area contributed by atoms with Gasteiger partial charge in [-0.05, 0) is 25.0 Å². The third kappa shape index (κ3) is 3.37. The van der Waals surface area contributed by atoms with E-state index in [0.29, 0.717) is 12.2 Å². The summed E-state index contributed by atoms with van der Waals surface area (Å²) in [6, 6.07) is 7.96. The Bertz CT molecular complexity index is 775. The van der Waals surface area contributed by atoms with Crippen molar-refractivity contribution >= 4 is 23.2 Å². The van der Waals surface area contributed by atoms with E-state index in [-0.39, 0.29) is 11.9 Å². The SMILES string of the molecule is O=C(NC1CCCN(c2ccccc2Cl)C1)c1n[nH]c2c1CNCC2. The lowest BCUT2D eigenvalue weighted by molar-refractivity contribution is 0.0927. The molecule has 1 aromatic heterocycles. The van der Waals surface area contributed by atoms with Gasteiger partial charge in [-0.1, -0.05) is 23.7 Å². The molecule has 3 heterocycles. The van der Waals surface area contributed by atoms with E-state index in [1.54, 1.807) is 0 Å². The van der Waals surface area contributed by atoms with Crippen LogP contribution in [0.3, 0.4) is 0 Å². The molecule has 4 rings (SSSR count). The molecule has 0 spiro atoms. The highest BCUT2D eigenvalue weighted by molar-refractivity contribution is 6.33. The van der Waals surface area contributed by atoms with Crippen molar-refractivity contribution in [1.82, 2.24) is 20.8 Å². The molecule has 0 saturated carbocycles. The Hall–Kier alpha value is -2.05. The Labute approximate surface area is 151 Å². The average Bonchev–Trinajstić information content (AvgIpc) is 3.06. The number of fused-ring (bicyclic) bond motifs is 1. The predicted molar refractivity (Wildman–Crippen MR) is 98.2 cm³/mol. The number of H-pyrrole nitrogens is 1. The van der Waals surface area contributed by atoms with Crippen LogP contribution in [0.1, 0.15) is 34.6 Å². The Morgan fingerprint density at radius 2 is 2.24 bits per heavy atom. The first-order valence-corrected chi connectivity index (χ1v) is 9.17. The summed E-state index contributed by atoms with van der Waals surface area (Å²) < 4.78 is 0. The van der Waals surface area contributed by atoms with Crippen molar-refractivity contribution in [3.05, 3.63) is 46.2 Å². The number of nitrogens with one attached hydrogen (secondary N) is 3. The van der Waals surface area contributed by atoms with E-state index in [9.17, 15) is 4.79 Å². The van der Waals surface area contributed by atoms with Crippen molar-refractivity contribution in [2.24, 2.45) is 0 Å². The maximum atomic E-state index is 12.7. The maximum absolute atomic E-state index is 12.7. The lowest BCUT2D eigenvalue weighted by Crippen LogP contribution is -2.48. The van der Waals surface area contributed by atoms with Gasteiger partial charge in [0.1, 0.15) is 0 Å². The number of carbonyl (C=O) groups is 1. The number of aromatic amines is 1. The zero-order chi connectivity index (χ0) is 17.2. The number of benzene rings is 1. The van der Waals surface area contributed by atoms with E-state index in [4.69, 9.17) is 11.6 Å². The fourth-order valence-electron chi connectivity index (χ4n) is 3.69. The summed E-state index contributed by atoms with van der Waals surface area (Å²) >= 11 is 6.32. The molecule has 132 valence electrons. The number of carbonyl (C=O) groups excluding carboxylic acids is 1. The molecular formula is C18H22ClN5O. The second-order valence-electron chi connectivity index (χ2n) is 6.67. The number of aromatic nitrogens is 2. The first-order valence-electron chi connectivity index (χ1n) is 8.79. The van der Waals surface area contributed by atoms with Gasteiger partial charge in [-0.3, -0.25) is 9.89 Å². The van der Waals surface area contributed by atoms with Crippen molar-refractivity contribution in [3.63, 3.8) is 0 Å². The van der Waals surface area contributed by atoms with Gasteiger partial charge < -0.3 is 15.5 Å². The van der Waals surface area contributed by atoms with E-state index in [1.165, 1.54) is 0 Å². The molecule has 25 heavy (non-hydrogen) atoms. The summed E-state index contributed by atoms with van der Waals surface area (Å²) in [7, 11) is 0. The van der Waals surface area contributed by atoms with Gasteiger partial charge in [0.15, 0.2) is 5.69 Å². The number of rotatable bonds is 3. The van der Waals surface area contributed by atoms with E-state index >= 15 is 0 Å². The van der Waals surface area contributed by atoms with Crippen LogP contribution in [0, 0.1) is 0 Å². The summed E-state index contributed by atoms with van der Waals surface area (Å²) in [6.07, 6.45) is 2.88. The number of hydrogen-bond acceptors (Lipinski definition) is 4. The fraction of sp³-hybridized carbons (Fsp3) is 0.444. The van der Waals surface area contributed by atoms with Gasteiger partial charge >= 0.3 is 0 Å². The molecule has 2 aliphatic rings. The Morgan fingerprint density at radius 3 is 3.12 bits per heavy atom. The number of halogens is 1. The molecule has 1 amide bonds. The van der Waals surface area contributed by atoms with Crippen molar-refractivity contribution in [1.29, 1.82) is 0 Å². The van der Waals surface area contributed by atoms with Crippen LogP contribution in [0.25, 0.3) is 0 Å². The highest BCUT2D eigenvalue weighted by Gasteiger charge is 2.26. The van der Waals surface area contributed by atoms with E-state index in [1.807, 2.05) is 24.3 Å². The Balaban J connectivity index is 1.45. The Kier molecular flexibility index (Phi) is 4.63. The lowest BCUT2D eigenvalue weighted by atomic mass is 10.0. The molecule has 2 aromatic rings. The van der Waals surface area contributed by atoms with Gasteiger partial charge in [0.2, 0.25) is 0 Å². The van der Waals surface area contributed by atoms with Crippen molar-refractivity contribution in [2.45, 2.75) is 31.8 Å². The van der Waals surface area contributed by atoms with Crippen LogP contribution >= 0.6 is 11.6 Å².